The minimum absolute atomic E-state index is 0.160. The fourth-order valence-corrected chi connectivity index (χ4v) is 1.89. The number of hydrogen-bond donors (Lipinski definition) is 0. The molecule has 0 aliphatic rings. The van der Waals surface area contributed by atoms with Crippen molar-refractivity contribution in [2.45, 2.75) is 13.8 Å². The monoisotopic (exact) mass is 260 g/mol. The smallest absolute Gasteiger partial charge is 0.164 e. The van der Waals surface area contributed by atoms with Crippen LogP contribution in [0.25, 0.3) is 0 Å². The molecule has 1 aromatic rings. The third-order valence-electron chi connectivity index (χ3n) is 1.91. The summed E-state index contributed by atoms with van der Waals surface area (Å²) in [5.74, 6) is -0.254. The molecule has 0 heterocycles. The van der Waals surface area contributed by atoms with Crippen molar-refractivity contribution < 1.29 is 13.9 Å². The Balaban J connectivity index is 3.56. The summed E-state index contributed by atoms with van der Waals surface area (Å²) in [6.45, 7) is 3.07. The van der Waals surface area contributed by atoms with Gasteiger partial charge in [0.1, 0.15) is 11.6 Å². The number of ether oxygens (including phenoxy) is 1. The van der Waals surface area contributed by atoms with E-state index in [-0.39, 0.29) is 15.8 Å². The van der Waals surface area contributed by atoms with Gasteiger partial charge in [-0.05, 0) is 41.4 Å². The molecule has 0 aromatic heterocycles. The number of rotatable bonds is 2. The van der Waals surface area contributed by atoms with Crippen molar-refractivity contribution in [2.75, 3.05) is 7.11 Å². The van der Waals surface area contributed by atoms with Gasteiger partial charge in [-0.3, -0.25) is 4.79 Å². The lowest BCUT2D eigenvalue weighted by Crippen LogP contribution is -2.02. The van der Waals surface area contributed by atoms with Gasteiger partial charge in [-0.25, -0.2) is 4.39 Å². The first-order valence-corrected chi connectivity index (χ1v) is 4.81. The molecule has 76 valence electrons. The lowest BCUT2D eigenvalue weighted by atomic mass is 10.1. The van der Waals surface area contributed by atoms with Gasteiger partial charge in [-0.15, -0.1) is 0 Å². The minimum Gasteiger partial charge on any atom is -0.496 e. The zero-order valence-corrected chi connectivity index (χ0v) is 9.74. The molecule has 0 radical (unpaired) electrons. The Kier molecular flexibility index (Phi) is 3.26. The zero-order chi connectivity index (χ0) is 10.9. The first-order valence-electron chi connectivity index (χ1n) is 4.02. The summed E-state index contributed by atoms with van der Waals surface area (Å²) in [5.41, 5.74) is 0.864. The highest BCUT2D eigenvalue weighted by atomic mass is 79.9. The molecule has 0 aliphatic heterocycles. The molecule has 2 nitrogen and oxygen atoms in total. The molecule has 0 unspecified atom stereocenters. The van der Waals surface area contributed by atoms with Crippen molar-refractivity contribution >= 4 is 21.7 Å². The van der Waals surface area contributed by atoms with E-state index in [4.69, 9.17) is 4.74 Å². The van der Waals surface area contributed by atoms with Crippen LogP contribution in [0.5, 0.6) is 5.75 Å². The van der Waals surface area contributed by atoms with Gasteiger partial charge in [0.15, 0.2) is 5.78 Å². The summed E-state index contributed by atoms with van der Waals surface area (Å²) >= 11 is 3.03. The van der Waals surface area contributed by atoms with E-state index in [0.29, 0.717) is 11.3 Å². The molecule has 0 fully saturated rings. The van der Waals surface area contributed by atoms with Crippen LogP contribution in [0.3, 0.4) is 0 Å². The van der Waals surface area contributed by atoms with Crippen LogP contribution >= 0.6 is 15.9 Å². The maximum Gasteiger partial charge on any atom is 0.164 e. The predicted molar refractivity (Wildman–Crippen MR) is 55.4 cm³/mol. The highest BCUT2D eigenvalue weighted by Crippen LogP contribution is 2.32. The van der Waals surface area contributed by atoms with Crippen LogP contribution in [0, 0.1) is 12.7 Å². The maximum atomic E-state index is 13.3. The van der Waals surface area contributed by atoms with Gasteiger partial charge in [0, 0.05) is 0 Å². The summed E-state index contributed by atoms with van der Waals surface area (Å²) in [5, 5.41) is 0. The number of halogens is 2. The van der Waals surface area contributed by atoms with Crippen LogP contribution in [0.15, 0.2) is 10.5 Å². The molecule has 0 bridgehead atoms. The second kappa shape index (κ2) is 4.09. The molecule has 0 saturated carbocycles. The first-order chi connectivity index (χ1) is 6.49. The van der Waals surface area contributed by atoms with Gasteiger partial charge < -0.3 is 4.74 Å². The number of carbonyl (C=O) groups is 1. The molecule has 0 N–H and O–H groups in total. The number of Topliss-reactive ketones (excluding diaryl/α,β-unsaturated/α-hetero) is 1. The third-order valence-corrected chi connectivity index (χ3v) is 2.69. The quantitative estimate of drug-likeness (QED) is 0.764. The standard InChI is InChI=1S/C10H10BrFO2/c1-5-4-7(12)9(11)8(6(2)13)10(5)14-3/h4H,1-3H3. The molecule has 0 amide bonds. The Morgan fingerprint density at radius 1 is 1.57 bits per heavy atom. The number of benzene rings is 1. The van der Waals surface area contributed by atoms with E-state index in [2.05, 4.69) is 15.9 Å². The molecule has 4 heteroatoms. The largest absolute Gasteiger partial charge is 0.496 e. The fraction of sp³-hybridized carbons (Fsp3) is 0.300. The Morgan fingerprint density at radius 3 is 2.57 bits per heavy atom. The second-order valence-corrected chi connectivity index (χ2v) is 3.75. The van der Waals surface area contributed by atoms with Gasteiger partial charge in [-0.1, -0.05) is 0 Å². The molecular weight excluding hydrogens is 251 g/mol. The van der Waals surface area contributed by atoms with E-state index in [0.717, 1.165) is 0 Å². The topological polar surface area (TPSA) is 26.3 Å². The van der Waals surface area contributed by atoms with Crippen molar-refractivity contribution in [1.29, 1.82) is 0 Å². The Labute approximate surface area is 90.2 Å². The van der Waals surface area contributed by atoms with Crippen LogP contribution in [0.1, 0.15) is 22.8 Å². The van der Waals surface area contributed by atoms with Crippen LogP contribution in [-0.4, -0.2) is 12.9 Å². The molecule has 0 atom stereocenters. The lowest BCUT2D eigenvalue weighted by Gasteiger charge is -2.11. The van der Waals surface area contributed by atoms with Gasteiger partial charge in [0.05, 0.1) is 17.1 Å². The number of aryl methyl sites for hydroxylation is 1. The van der Waals surface area contributed by atoms with E-state index in [1.54, 1.807) is 6.92 Å². The van der Waals surface area contributed by atoms with Crippen molar-refractivity contribution in [3.63, 3.8) is 0 Å². The van der Waals surface area contributed by atoms with E-state index < -0.39 is 5.82 Å². The summed E-state index contributed by atoms with van der Waals surface area (Å²) < 4.78 is 18.5. The molecular formula is C10H10BrFO2. The Bertz CT molecular complexity index is 388. The zero-order valence-electron chi connectivity index (χ0n) is 8.15. The normalized spacial score (nSPS) is 10.1. The van der Waals surface area contributed by atoms with E-state index in [1.807, 2.05) is 0 Å². The predicted octanol–water partition coefficient (Wildman–Crippen LogP) is 3.11. The van der Waals surface area contributed by atoms with E-state index >= 15 is 0 Å². The average Bonchev–Trinajstić information content (AvgIpc) is 2.10. The summed E-state index contributed by atoms with van der Waals surface area (Å²) in [4.78, 5) is 11.3. The van der Waals surface area contributed by atoms with Crippen LogP contribution < -0.4 is 4.74 Å². The fourth-order valence-electron chi connectivity index (χ4n) is 1.31. The van der Waals surface area contributed by atoms with Crippen LogP contribution in [0.4, 0.5) is 4.39 Å². The minimum atomic E-state index is -0.450. The number of carbonyl (C=O) groups excluding carboxylic acids is 1. The Morgan fingerprint density at radius 2 is 2.14 bits per heavy atom. The SMILES string of the molecule is COc1c(C)cc(F)c(Br)c1C(C)=O. The molecule has 1 rings (SSSR count). The highest BCUT2D eigenvalue weighted by Gasteiger charge is 2.18. The van der Waals surface area contributed by atoms with Gasteiger partial charge >= 0.3 is 0 Å². The van der Waals surface area contributed by atoms with Crippen LogP contribution in [-0.2, 0) is 0 Å². The van der Waals surface area contributed by atoms with E-state index in [1.165, 1.54) is 20.1 Å². The number of methoxy groups -OCH3 is 1. The first kappa shape index (κ1) is 11.2. The van der Waals surface area contributed by atoms with Gasteiger partial charge in [-0.2, -0.15) is 0 Å². The van der Waals surface area contributed by atoms with Gasteiger partial charge in [0.25, 0.3) is 0 Å². The molecule has 1 aromatic carbocycles. The molecule has 0 spiro atoms. The third kappa shape index (κ3) is 1.80. The van der Waals surface area contributed by atoms with Crippen molar-refractivity contribution in [1.82, 2.24) is 0 Å². The number of hydrogen-bond acceptors (Lipinski definition) is 2. The average molecular weight is 261 g/mol. The van der Waals surface area contributed by atoms with Crippen LogP contribution in [0.2, 0.25) is 0 Å². The summed E-state index contributed by atoms with van der Waals surface area (Å²) in [7, 11) is 1.46. The molecule has 0 aliphatic carbocycles. The molecule has 14 heavy (non-hydrogen) atoms. The highest BCUT2D eigenvalue weighted by molar-refractivity contribution is 9.10. The maximum absolute atomic E-state index is 13.3. The lowest BCUT2D eigenvalue weighted by molar-refractivity contribution is 0.101. The number of ketones is 1. The summed E-state index contributed by atoms with van der Waals surface area (Å²) in [6.07, 6.45) is 0. The van der Waals surface area contributed by atoms with Gasteiger partial charge in [0.2, 0.25) is 0 Å². The second-order valence-electron chi connectivity index (χ2n) is 2.95. The molecule has 0 saturated heterocycles. The summed E-state index contributed by atoms with van der Waals surface area (Å²) in [6, 6.07) is 1.33. The van der Waals surface area contributed by atoms with Crippen molar-refractivity contribution in [2.24, 2.45) is 0 Å². The van der Waals surface area contributed by atoms with E-state index in [9.17, 15) is 9.18 Å². The van der Waals surface area contributed by atoms with Crippen molar-refractivity contribution in [3.05, 3.63) is 27.5 Å². The Hall–Kier alpha value is -0.900. The van der Waals surface area contributed by atoms with Crippen molar-refractivity contribution in [3.8, 4) is 5.75 Å².